The van der Waals surface area contributed by atoms with Gasteiger partial charge < -0.3 is 25.0 Å². The molecule has 0 unspecified atom stereocenters. The van der Waals surface area contributed by atoms with Gasteiger partial charge in [0.15, 0.2) is 6.61 Å². The Hall–Kier alpha value is -4.33. The number of carbonyl (C=O) groups excluding carboxylic acids is 3. The van der Waals surface area contributed by atoms with Crippen LogP contribution in [0.2, 0.25) is 0 Å². The molecule has 1 aliphatic rings. The summed E-state index contributed by atoms with van der Waals surface area (Å²) in [4.78, 5) is 39.2. The van der Waals surface area contributed by atoms with Crippen LogP contribution in [0.4, 0.5) is 11.4 Å². The number of amides is 3. The number of nitrogens with zero attached hydrogens (tertiary/aromatic N) is 1. The predicted molar refractivity (Wildman–Crippen MR) is 142 cm³/mol. The van der Waals surface area contributed by atoms with Crippen molar-refractivity contribution in [1.82, 2.24) is 5.32 Å². The Balaban J connectivity index is 1.28. The molecule has 8 heteroatoms. The van der Waals surface area contributed by atoms with Crippen molar-refractivity contribution in [2.75, 3.05) is 30.5 Å². The third kappa shape index (κ3) is 6.46. The van der Waals surface area contributed by atoms with Crippen LogP contribution in [0.25, 0.3) is 0 Å². The summed E-state index contributed by atoms with van der Waals surface area (Å²) in [6.07, 6.45) is 0.147. The number of anilines is 2. The number of aryl methyl sites for hydroxylation is 2. The van der Waals surface area contributed by atoms with Crippen LogP contribution in [-0.2, 0) is 20.9 Å². The van der Waals surface area contributed by atoms with Gasteiger partial charge in [-0.1, -0.05) is 35.9 Å². The topological polar surface area (TPSA) is 97.0 Å². The molecule has 1 atom stereocenters. The van der Waals surface area contributed by atoms with E-state index in [1.165, 1.54) is 0 Å². The molecule has 3 aromatic carbocycles. The maximum Gasteiger partial charge on any atom is 0.262 e. The standard InChI is InChI=1S/C29H31N3O5/c1-19-8-13-25(20(2)14-19)31-27(33)18-37-24-11-9-23(10-12-24)32-17-22(15-28(32)34)29(35)30-16-21-6-4-5-7-26(21)36-3/h4-14,22H,15-18H2,1-3H3,(H,30,35)(H,31,33)/t22-/m1/s1. The summed E-state index contributed by atoms with van der Waals surface area (Å²) in [5.74, 6) is 0.240. The van der Waals surface area contributed by atoms with Crippen LogP contribution in [0, 0.1) is 19.8 Å². The molecule has 1 heterocycles. The van der Waals surface area contributed by atoms with Crippen molar-refractivity contribution in [2.24, 2.45) is 5.92 Å². The zero-order valence-electron chi connectivity index (χ0n) is 21.2. The van der Waals surface area contributed by atoms with Gasteiger partial charge in [-0.15, -0.1) is 0 Å². The Bertz CT molecular complexity index is 1290. The zero-order chi connectivity index (χ0) is 26.4. The third-order valence-electron chi connectivity index (χ3n) is 6.32. The monoisotopic (exact) mass is 501 g/mol. The molecule has 192 valence electrons. The highest BCUT2D eigenvalue weighted by Crippen LogP contribution is 2.27. The number of hydrogen-bond donors (Lipinski definition) is 2. The summed E-state index contributed by atoms with van der Waals surface area (Å²) in [5, 5.41) is 5.76. The average molecular weight is 502 g/mol. The van der Waals surface area contributed by atoms with E-state index in [0.29, 0.717) is 30.3 Å². The number of benzene rings is 3. The average Bonchev–Trinajstić information content (AvgIpc) is 3.29. The van der Waals surface area contributed by atoms with E-state index in [1.54, 1.807) is 36.3 Å². The highest BCUT2D eigenvalue weighted by molar-refractivity contribution is 6.00. The first kappa shape index (κ1) is 25.8. The number of nitrogens with one attached hydrogen (secondary N) is 2. The molecule has 4 rings (SSSR count). The Kier molecular flexibility index (Phi) is 8.08. The molecule has 3 amide bonds. The highest BCUT2D eigenvalue weighted by atomic mass is 16.5. The zero-order valence-corrected chi connectivity index (χ0v) is 21.2. The summed E-state index contributed by atoms with van der Waals surface area (Å²) in [5.41, 5.74) is 4.42. The molecule has 0 spiro atoms. The van der Waals surface area contributed by atoms with E-state index in [9.17, 15) is 14.4 Å². The number of carbonyl (C=O) groups is 3. The minimum Gasteiger partial charge on any atom is -0.496 e. The first-order valence-electron chi connectivity index (χ1n) is 12.1. The number of methoxy groups -OCH3 is 1. The van der Waals surface area contributed by atoms with Crippen molar-refractivity contribution < 1.29 is 23.9 Å². The molecule has 1 saturated heterocycles. The van der Waals surface area contributed by atoms with E-state index in [0.717, 1.165) is 22.4 Å². The van der Waals surface area contributed by atoms with Gasteiger partial charge in [-0.05, 0) is 55.8 Å². The molecule has 3 aromatic rings. The summed E-state index contributed by atoms with van der Waals surface area (Å²) in [7, 11) is 1.59. The number of hydrogen-bond acceptors (Lipinski definition) is 5. The molecule has 0 radical (unpaired) electrons. The minimum atomic E-state index is -0.438. The molecular formula is C29H31N3O5. The largest absolute Gasteiger partial charge is 0.496 e. The van der Waals surface area contributed by atoms with Crippen LogP contribution in [0.5, 0.6) is 11.5 Å². The Labute approximate surface area is 216 Å². The van der Waals surface area contributed by atoms with Crippen molar-refractivity contribution in [1.29, 1.82) is 0 Å². The highest BCUT2D eigenvalue weighted by Gasteiger charge is 2.35. The van der Waals surface area contributed by atoms with Gasteiger partial charge in [0.25, 0.3) is 5.91 Å². The predicted octanol–water partition coefficient (Wildman–Crippen LogP) is 4.00. The van der Waals surface area contributed by atoms with Crippen molar-refractivity contribution in [3.05, 3.63) is 83.4 Å². The summed E-state index contributed by atoms with van der Waals surface area (Å²) >= 11 is 0. The van der Waals surface area contributed by atoms with Gasteiger partial charge in [-0.25, -0.2) is 0 Å². The van der Waals surface area contributed by atoms with E-state index in [4.69, 9.17) is 9.47 Å². The van der Waals surface area contributed by atoms with Gasteiger partial charge in [0.2, 0.25) is 11.8 Å². The number of rotatable bonds is 9. The van der Waals surface area contributed by atoms with Crippen molar-refractivity contribution in [3.8, 4) is 11.5 Å². The van der Waals surface area contributed by atoms with Gasteiger partial charge in [0.05, 0.1) is 13.0 Å². The molecule has 1 fully saturated rings. The van der Waals surface area contributed by atoms with Crippen LogP contribution >= 0.6 is 0 Å². The van der Waals surface area contributed by atoms with Crippen molar-refractivity contribution in [3.63, 3.8) is 0 Å². The lowest BCUT2D eigenvalue weighted by molar-refractivity contribution is -0.126. The minimum absolute atomic E-state index is 0.112. The van der Waals surface area contributed by atoms with E-state index in [-0.39, 0.29) is 30.7 Å². The second-order valence-corrected chi connectivity index (χ2v) is 9.08. The summed E-state index contributed by atoms with van der Waals surface area (Å²) in [6, 6.07) is 20.2. The van der Waals surface area contributed by atoms with E-state index >= 15 is 0 Å². The van der Waals surface area contributed by atoms with Crippen LogP contribution in [0.15, 0.2) is 66.7 Å². The third-order valence-corrected chi connectivity index (χ3v) is 6.32. The van der Waals surface area contributed by atoms with Gasteiger partial charge in [-0.3, -0.25) is 14.4 Å². The second kappa shape index (κ2) is 11.6. The first-order chi connectivity index (χ1) is 17.8. The Morgan fingerprint density at radius 3 is 2.51 bits per heavy atom. The van der Waals surface area contributed by atoms with Crippen molar-refractivity contribution in [2.45, 2.75) is 26.8 Å². The van der Waals surface area contributed by atoms with Crippen molar-refractivity contribution >= 4 is 29.1 Å². The summed E-state index contributed by atoms with van der Waals surface area (Å²) in [6.45, 7) is 4.44. The van der Waals surface area contributed by atoms with Gasteiger partial charge in [-0.2, -0.15) is 0 Å². The van der Waals surface area contributed by atoms with E-state index in [1.807, 2.05) is 56.3 Å². The SMILES string of the molecule is COc1ccccc1CNC(=O)[C@@H]1CC(=O)N(c2ccc(OCC(=O)Nc3ccc(C)cc3C)cc2)C1. The quantitative estimate of drug-likeness (QED) is 0.462. The lowest BCUT2D eigenvalue weighted by Gasteiger charge is -2.17. The normalized spacial score (nSPS) is 14.8. The fourth-order valence-electron chi connectivity index (χ4n) is 4.32. The summed E-state index contributed by atoms with van der Waals surface area (Å²) < 4.78 is 10.9. The fraction of sp³-hybridized carbons (Fsp3) is 0.276. The molecule has 0 aliphatic carbocycles. The molecule has 1 aliphatic heterocycles. The lowest BCUT2D eigenvalue weighted by atomic mass is 10.1. The maximum absolute atomic E-state index is 12.7. The molecule has 0 saturated carbocycles. The Morgan fingerprint density at radius 2 is 1.78 bits per heavy atom. The Morgan fingerprint density at radius 1 is 1.03 bits per heavy atom. The smallest absolute Gasteiger partial charge is 0.262 e. The molecule has 0 bridgehead atoms. The van der Waals surface area contributed by atoms with Crippen LogP contribution in [0.3, 0.4) is 0 Å². The fourth-order valence-corrected chi connectivity index (χ4v) is 4.32. The molecule has 0 aromatic heterocycles. The number of ether oxygens (including phenoxy) is 2. The van der Waals surface area contributed by atoms with Gasteiger partial charge in [0.1, 0.15) is 11.5 Å². The molecule has 37 heavy (non-hydrogen) atoms. The van der Waals surface area contributed by atoms with Crippen LogP contribution in [0.1, 0.15) is 23.1 Å². The lowest BCUT2D eigenvalue weighted by Crippen LogP contribution is -2.32. The van der Waals surface area contributed by atoms with E-state index < -0.39 is 5.92 Å². The number of para-hydroxylation sites is 1. The van der Waals surface area contributed by atoms with E-state index in [2.05, 4.69) is 10.6 Å². The molecular weight excluding hydrogens is 470 g/mol. The molecule has 2 N–H and O–H groups in total. The van der Waals surface area contributed by atoms with Crippen LogP contribution < -0.4 is 25.0 Å². The first-order valence-corrected chi connectivity index (χ1v) is 12.1. The second-order valence-electron chi connectivity index (χ2n) is 9.08. The van der Waals surface area contributed by atoms with Gasteiger partial charge >= 0.3 is 0 Å². The molecule has 8 nitrogen and oxygen atoms in total. The van der Waals surface area contributed by atoms with Gasteiger partial charge in [0, 0.05) is 36.4 Å². The van der Waals surface area contributed by atoms with Crippen LogP contribution in [-0.4, -0.2) is 38.0 Å². The maximum atomic E-state index is 12.7.